The van der Waals surface area contributed by atoms with Crippen molar-refractivity contribution in [2.45, 2.75) is 39.0 Å². The van der Waals surface area contributed by atoms with Crippen molar-refractivity contribution >= 4 is 12.0 Å². The van der Waals surface area contributed by atoms with Gasteiger partial charge in [0.1, 0.15) is 0 Å². The zero-order valence-corrected chi connectivity index (χ0v) is 10.3. The van der Waals surface area contributed by atoms with Crippen molar-refractivity contribution in [3.63, 3.8) is 0 Å². The lowest BCUT2D eigenvalue weighted by Crippen LogP contribution is -2.54. The molecule has 0 unspecified atom stereocenters. The molecule has 4 N–H and O–H groups in total. The topological polar surface area (TPSA) is 110 Å². The fourth-order valence-electron chi connectivity index (χ4n) is 1.31. The smallest absolute Gasteiger partial charge is 0.328 e. The van der Waals surface area contributed by atoms with Gasteiger partial charge in [-0.05, 0) is 20.8 Å². The minimum Gasteiger partial charge on any atom is -0.480 e. The molecule has 7 heteroatoms. The average Bonchev–Trinajstić information content (AvgIpc) is 2.20. The standard InChI is InChI=1S/C10H20N2O5/c1-6(2)12(4-5-13)10(17)11-8(7(3)14)9(15)16/h6-8,13-14H,4-5H2,1-3H3,(H,11,17)(H,15,16)/t7-,8+/m1/s1. The van der Waals surface area contributed by atoms with Crippen molar-refractivity contribution in [3.05, 3.63) is 0 Å². The summed E-state index contributed by atoms with van der Waals surface area (Å²) < 4.78 is 0. The Labute approximate surface area is 100 Å². The zero-order chi connectivity index (χ0) is 13.6. The number of carboxylic acids is 1. The monoisotopic (exact) mass is 248 g/mol. The molecule has 17 heavy (non-hydrogen) atoms. The Balaban J connectivity index is 4.62. The van der Waals surface area contributed by atoms with Crippen molar-refractivity contribution in [2.75, 3.05) is 13.2 Å². The van der Waals surface area contributed by atoms with E-state index in [1.165, 1.54) is 11.8 Å². The van der Waals surface area contributed by atoms with Crippen LogP contribution in [0.4, 0.5) is 4.79 Å². The van der Waals surface area contributed by atoms with Crippen LogP contribution in [-0.4, -0.2) is 63.6 Å². The summed E-state index contributed by atoms with van der Waals surface area (Å²) in [5, 5.41) is 29.0. The van der Waals surface area contributed by atoms with Crippen LogP contribution in [0.15, 0.2) is 0 Å². The number of carbonyl (C=O) groups excluding carboxylic acids is 1. The number of carbonyl (C=O) groups is 2. The molecule has 0 fully saturated rings. The number of nitrogens with one attached hydrogen (secondary N) is 1. The third-order valence-corrected chi connectivity index (χ3v) is 2.25. The highest BCUT2D eigenvalue weighted by molar-refractivity contribution is 5.83. The number of carboxylic acid groups (broad SMARTS) is 1. The van der Waals surface area contributed by atoms with E-state index in [-0.39, 0.29) is 19.2 Å². The molecule has 0 saturated heterocycles. The number of rotatable bonds is 6. The molecule has 0 saturated carbocycles. The van der Waals surface area contributed by atoms with E-state index in [4.69, 9.17) is 10.2 Å². The van der Waals surface area contributed by atoms with Crippen LogP contribution in [0, 0.1) is 0 Å². The molecule has 0 aliphatic rings. The van der Waals surface area contributed by atoms with Crippen LogP contribution in [0.3, 0.4) is 0 Å². The van der Waals surface area contributed by atoms with Gasteiger partial charge in [0, 0.05) is 12.6 Å². The molecule has 2 atom stereocenters. The molecule has 2 amide bonds. The molecule has 0 aliphatic heterocycles. The second-order valence-electron chi connectivity index (χ2n) is 4.02. The lowest BCUT2D eigenvalue weighted by Gasteiger charge is -2.28. The Morgan fingerprint density at radius 3 is 2.12 bits per heavy atom. The first-order chi connectivity index (χ1) is 7.81. The first kappa shape index (κ1) is 15.7. The van der Waals surface area contributed by atoms with E-state index in [1.54, 1.807) is 13.8 Å². The summed E-state index contributed by atoms with van der Waals surface area (Å²) in [6.07, 6.45) is -1.19. The number of aliphatic carboxylic acids is 1. The fraction of sp³-hybridized carbons (Fsp3) is 0.800. The molecule has 0 heterocycles. The number of hydrogen-bond donors (Lipinski definition) is 4. The van der Waals surface area contributed by atoms with Crippen LogP contribution in [-0.2, 0) is 4.79 Å². The highest BCUT2D eigenvalue weighted by atomic mass is 16.4. The number of aliphatic hydroxyl groups excluding tert-OH is 2. The van der Waals surface area contributed by atoms with Gasteiger partial charge in [-0.1, -0.05) is 0 Å². The second-order valence-corrected chi connectivity index (χ2v) is 4.02. The summed E-state index contributed by atoms with van der Waals surface area (Å²) in [7, 11) is 0. The Morgan fingerprint density at radius 2 is 1.82 bits per heavy atom. The zero-order valence-electron chi connectivity index (χ0n) is 10.3. The molecule has 0 radical (unpaired) electrons. The van der Waals surface area contributed by atoms with Crippen molar-refractivity contribution in [1.82, 2.24) is 10.2 Å². The number of amides is 2. The van der Waals surface area contributed by atoms with Gasteiger partial charge in [-0.3, -0.25) is 0 Å². The lowest BCUT2D eigenvalue weighted by atomic mass is 10.2. The molecule has 100 valence electrons. The summed E-state index contributed by atoms with van der Waals surface area (Å²) >= 11 is 0. The summed E-state index contributed by atoms with van der Waals surface area (Å²) in [5.74, 6) is -1.30. The van der Waals surface area contributed by atoms with Crippen molar-refractivity contribution in [3.8, 4) is 0 Å². The maximum Gasteiger partial charge on any atom is 0.328 e. The van der Waals surface area contributed by atoms with E-state index in [1.807, 2.05) is 0 Å². The quantitative estimate of drug-likeness (QED) is 0.493. The third kappa shape index (κ3) is 5.01. The normalized spacial score (nSPS) is 14.2. The van der Waals surface area contributed by atoms with Crippen LogP contribution in [0.1, 0.15) is 20.8 Å². The molecule has 0 aliphatic carbocycles. The molecule has 0 aromatic rings. The van der Waals surface area contributed by atoms with Crippen LogP contribution < -0.4 is 5.32 Å². The predicted octanol–water partition coefficient (Wildman–Crippen LogP) is -0.767. The van der Waals surface area contributed by atoms with E-state index in [9.17, 15) is 14.7 Å². The van der Waals surface area contributed by atoms with Crippen molar-refractivity contribution in [1.29, 1.82) is 0 Å². The predicted molar refractivity (Wildman–Crippen MR) is 60.6 cm³/mol. The Bertz CT molecular complexity index is 267. The molecular formula is C10H20N2O5. The molecule has 0 aromatic heterocycles. The molecule has 7 nitrogen and oxygen atoms in total. The first-order valence-corrected chi connectivity index (χ1v) is 5.40. The summed E-state index contributed by atoms with van der Waals surface area (Å²) in [4.78, 5) is 23.8. The van der Waals surface area contributed by atoms with Gasteiger partial charge in [-0.2, -0.15) is 0 Å². The van der Waals surface area contributed by atoms with E-state index < -0.39 is 24.1 Å². The van der Waals surface area contributed by atoms with E-state index in [2.05, 4.69) is 5.32 Å². The van der Waals surface area contributed by atoms with E-state index in [0.29, 0.717) is 0 Å². The van der Waals surface area contributed by atoms with Gasteiger partial charge in [0.2, 0.25) is 0 Å². The Hall–Kier alpha value is -1.34. The SMILES string of the molecule is CC(C)N(CCO)C(=O)N[C@H](C(=O)O)[C@@H](C)O. The highest BCUT2D eigenvalue weighted by Gasteiger charge is 2.27. The number of aliphatic hydroxyl groups is 2. The van der Waals surface area contributed by atoms with Gasteiger partial charge >= 0.3 is 12.0 Å². The minimum absolute atomic E-state index is 0.107. The third-order valence-electron chi connectivity index (χ3n) is 2.25. The molecule has 0 rings (SSSR count). The average molecular weight is 248 g/mol. The van der Waals surface area contributed by atoms with E-state index in [0.717, 1.165) is 0 Å². The largest absolute Gasteiger partial charge is 0.480 e. The molecule has 0 spiro atoms. The summed E-state index contributed by atoms with van der Waals surface area (Å²) in [6.45, 7) is 4.67. The summed E-state index contributed by atoms with van der Waals surface area (Å²) in [6, 6.07) is -2.16. The highest BCUT2D eigenvalue weighted by Crippen LogP contribution is 2.01. The van der Waals surface area contributed by atoms with Crippen LogP contribution >= 0.6 is 0 Å². The van der Waals surface area contributed by atoms with Crippen LogP contribution in [0.2, 0.25) is 0 Å². The van der Waals surface area contributed by atoms with Gasteiger partial charge < -0.3 is 25.5 Å². The lowest BCUT2D eigenvalue weighted by molar-refractivity contribution is -0.141. The maximum absolute atomic E-state index is 11.7. The number of nitrogens with zero attached hydrogens (tertiary/aromatic N) is 1. The fourth-order valence-corrected chi connectivity index (χ4v) is 1.31. The van der Waals surface area contributed by atoms with Gasteiger partial charge in [0.15, 0.2) is 6.04 Å². The van der Waals surface area contributed by atoms with Gasteiger partial charge in [-0.15, -0.1) is 0 Å². The number of hydrogen-bond acceptors (Lipinski definition) is 4. The maximum atomic E-state index is 11.7. The molecule has 0 bridgehead atoms. The number of urea groups is 1. The van der Waals surface area contributed by atoms with Gasteiger partial charge in [0.05, 0.1) is 12.7 Å². The minimum atomic E-state index is -1.36. The van der Waals surface area contributed by atoms with E-state index >= 15 is 0 Å². The molecular weight excluding hydrogens is 228 g/mol. The van der Waals surface area contributed by atoms with Crippen LogP contribution in [0.5, 0.6) is 0 Å². The van der Waals surface area contributed by atoms with Crippen molar-refractivity contribution in [2.24, 2.45) is 0 Å². The van der Waals surface area contributed by atoms with Crippen LogP contribution in [0.25, 0.3) is 0 Å². The van der Waals surface area contributed by atoms with Crippen molar-refractivity contribution < 1.29 is 24.9 Å². The second kappa shape index (κ2) is 7.08. The molecule has 0 aromatic carbocycles. The van der Waals surface area contributed by atoms with Gasteiger partial charge in [0.25, 0.3) is 0 Å². The first-order valence-electron chi connectivity index (χ1n) is 5.40. The Morgan fingerprint density at radius 1 is 1.29 bits per heavy atom. The summed E-state index contributed by atoms with van der Waals surface area (Å²) in [5.41, 5.74) is 0. The van der Waals surface area contributed by atoms with Gasteiger partial charge in [-0.25, -0.2) is 9.59 Å². The Kier molecular flexibility index (Phi) is 6.52.